The molecule has 0 aromatic heterocycles. The first kappa shape index (κ1) is 21.5. The van der Waals surface area contributed by atoms with Crippen LogP contribution in [0, 0.1) is 26.9 Å². The number of non-ortho nitro benzene ring substituents is 1. The third-order valence-electron chi connectivity index (χ3n) is 7.27. The predicted molar refractivity (Wildman–Crippen MR) is 107 cm³/mol. The highest BCUT2D eigenvalue weighted by Gasteiger charge is 2.61. The summed E-state index contributed by atoms with van der Waals surface area (Å²) in [5.74, 6) is -1.65. The molecular weight excluding hydrogens is 406 g/mol. The Morgan fingerprint density at radius 1 is 1.26 bits per heavy atom. The van der Waals surface area contributed by atoms with E-state index in [1.807, 2.05) is 13.8 Å². The van der Waals surface area contributed by atoms with E-state index in [0.717, 1.165) is 18.4 Å². The summed E-state index contributed by atoms with van der Waals surface area (Å²) in [5, 5.41) is 32.5. The Labute approximate surface area is 178 Å². The van der Waals surface area contributed by atoms with E-state index in [4.69, 9.17) is 9.47 Å². The lowest BCUT2D eigenvalue weighted by Gasteiger charge is -2.57. The average Bonchev–Trinajstić information content (AvgIpc) is 3.13. The lowest BCUT2D eigenvalue weighted by Crippen LogP contribution is -2.59. The van der Waals surface area contributed by atoms with Gasteiger partial charge in [0.25, 0.3) is 5.69 Å². The van der Waals surface area contributed by atoms with E-state index >= 15 is 0 Å². The van der Waals surface area contributed by atoms with E-state index in [-0.39, 0.29) is 30.0 Å². The van der Waals surface area contributed by atoms with E-state index in [0.29, 0.717) is 6.42 Å². The van der Waals surface area contributed by atoms with Crippen molar-refractivity contribution in [2.24, 2.45) is 16.7 Å². The van der Waals surface area contributed by atoms with Gasteiger partial charge in [0, 0.05) is 23.5 Å². The number of aliphatic hydroxyl groups is 2. The van der Waals surface area contributed by atoms with Gasteiger partial charge in [-0.1, -0.05) is 20.3 Å². The number of nitro benzene ring substituents is 1. The zero-order valence-electron chi connectivity index (χ0n) is 17.4. The number of ether oxygens (including phenoxy) is 2. The molecule has 1 unspecified atom stereocenters. The monoisotopic (exact) mass is 431 g/mol. The standard InChI is InChI=1S/C22H25NO8/c1-21(11-31-19(26)12-4-6-13(7-5-12)23(28)29)8-3-9-22(2)14-10-30-20(27)15(14)16(24)17(25)18(21)22/h4-7,16-18,24-25H,3,8-11H2,1-2H3/t16-,17+,18?,21+,22+/m0/s1. The Bertz CT molecular complexity index is 970. The Balaban J connectivity index is 1.57. The predicted octanol–water partition coefficient (Wildman–Crippen LogP) is 2.15. The van der Waals surface area contributed by atoms with Crippen molar-refractivity contribution in [3.8, 4) is 0 Å². The van der Waals surface area contributed by atoms with Crippen molar-refractivity contribution in [1.29, 1.82) is 0 Å². The van der Waals surface area contributed by atoms with Gasteiger partial charge in [-0.3, -0.25) is 10.1 Å². The summed E-state index contributed by atoms with van der Waals surface area (Å²) in [7, 11) is 0. The summed E-state index contributed by atoms with van der Waals surface area (Å²) in [6.07, 6.45) is -0.347. The minimum atomic E-state index is -1.34. The zero-order chi connectivity index (χ0) is 22.6. The number of benzene rings is 1. The molecule has 5 atom stereocenters. The van der Waals surface area contributed by atoms with E-state index in [2.05, 4.69) is 0 Å². The zero-order valence-corrected chi connectivity index (χ0v) is 17.4. The van der Waals surface area contributed by atoms with Gasteiger partial charge in [-0.15, -0.1) is 0 Å². The SMILES string of the molecule is C[C@]1(COC(=O)c2ccc([N+](=O)[O-])cc2)CCC[C@]2(C)C3=C(C(=O)OC3)[C@H](O)[C@@H](O)C12. The lowest BCUT2D eigenvalue weighted by molar-refractivity contribution is -0.384. The quantitative estimate of drug-likeness (QED) is 0.420. The number of carbonyl (C=O) groups excluding carboxylic acids is 2. The van der Waals surface area contributed by atoms with Crippen molar-refractivity contribution < 1.29 is 34.2 Å². The molecule has 1 aliphatic heterocycles. The van der Waals surface area contributed by atoms with Gasteiger partial charge >= 0.3 is 11.9 Å². The summed E-state index contributed by atoms with van der Waals surface area (Å²) < 4.78 is 10.7. The van der Waals surface area contributed by atoms with Crippen LogP contribution >= 0.6 is 0 Å². The number of esters is 2. The van der Waals surface area contributed by atoms with Gasteiger partial charge < -0.3 is 19.7 Å². The molecule has 1 heterocycles. The molecule has 0 bridgehead atoms. The number of hydrogen-bond acceptors (Lipinski definition) is 8. The molecule has 1 aromatic carbocycles. The van der Waals surface area contributed by atoms with E-state index in [1.165, 1.54) is 24.3 Å². The fourth-order valence-electron chi connectivity index (χ4n) is 5.80. The number of cyclic esters (lactones) is 1. The summed E-state index contributed by atoms with van der Waals surface area (Å²) in [6, 6.07) is 5.15. The molecule has 0 spiro atoms. The first-order valence-corrected chi connectivity index (χ1v) is 10.3. The highest BCUT2D eigenvalue weighted by molar-refractivity contribution is 5.94. The molecule has 3 aliphatic rings. The molecule has 9 heteroatoms. The molecule has 0 saturated heterocycles. The van der Waals surface area contributed by atoms with Crippen LogP contribution in [-0.4, -0.2) is 52.5 Å². The topological polar surface area (TPSA) is 136 Å². The Hall–Kier alpha value is -2.78. The molecule has 4 rings (SSSR count). The van der Waals surface area contributed by atoms with Gasteiger partial charge in [-0.25, -0.2) is 9.59 Å². The van der Waals surface area contributed by atoms with Crippen LogP contribution < -0.4 is 0 Å². The molecule has 166 valence electrons. The summed E-state index contributed by atoms with van der Waals surface area (Å²) in [4.78, 5) is 34.9. The number of carbonyl (C=O) groups is 2. The van der Waals surface area contributed by atoms with Gasteiger partial charge in [-0.2, -0.15) is 0 Å². The minimum Gasteiger partial charge on any atom is -0.462 e. The maximum atomic E-state index is 12.5. The molecule has 9 nitrogen and oxygen atoms in total. The number of nitro groups is 1. The second-order valence-electron chi connectivity index (χ2n) is 9.19. The number of rotatable bonds is 4. The molecule has 0 amide bonds. The largest absolute Gasteiger partial charge is 0.462 e. The van der Waals surface area contributed by atoms with Gasteiger partial charge in [-0.05, 0) is 36.0 Å². The normalized spacial score (nSPS) is 34.6. The second-order valence-corrected chi connectivity index (χ2v) is 9.19. The summed E-state index contributed by atoms with van der Waals surface area (Å²) in [6.45, 7) is 3.99. The number of hydrogen-bond donors (Lipinski definition) is 2. The highest BCUT2D eigenvalue weighted by Crippen LogP contribution is 2.60. The number of fused-ring (bicyclic) bond motifs is 2. The van der Waals surface area contributed by atoms with Crippen LogP contribution in [0.1, 0.15) is 43.5 Å². The van der Waals surface area contributed by atoms with Crippen molar-refractivity contribution in [3.63, 3.8) is 0 Å². The first-order valence-electron chi connectivity index (χ1n) is 10.3. The van der Waals surface area contributed by atoms with E-state index in [9.17, 15) is 29.9 Å². The third-order valence-corrected chi connectivity index (χ3v) is 7.27. The third kappa shape index (κ3) is 3.32. The van der Waals surface area contributed by atoms with Crippen LogP contribution in [0.25, 0.3) is 0 Å². The van der Waals surface area contributed by atoms with Crippen LogP contribution in [0.3, 0.4) is 0 Å². The fourth-order valence-corrected chi connectivity index (χ4v) is 5.80. The van der Waals surface area contributed by atoms with Crippen LogP contribution in [-0.2, 0) is 14.3 Å². The maximum absolute atomic E-state index is 12.5. The molecule has 2 N–H and O–H groups in total. The van der Waals surface area contributed by atoms with E-state index in [1.54, 1.807) is 0 Å². The molecule has 1 fully saturated rings. The van der Waals surface area contributed by atoms with E-state index < -0.39 is 45.8 Å². The van der Waals surface area contributed by atoms with Gasteiger partial charge in [0.05, 0.1) is 28.8 Å². The highest BCUT2D eigenvalue weighted by atomic mass is 16.6. The van der Waals surface area contributed by atoms with Crippen molar-refractivity contribution >= 4 is 17.6 Å². The van der Waals surface area contributed by atoms with Crippen LogP contribution in [0.5, 0.6) is 0 Å². The van der Waals surface area contributed by atoms with Crippen molar-refractivity contribution in [1.82, 2.24) is 0 Å². The first-order chi connectivity index (χ1) is 14.6. The average molecular weight is 431 g/mol. The Morgan fingerprint density at radius 3 is 2.58 bits per heavy atom. The number of nitrogens with zero attached hydrogens (tertiary/aromatic N) is 1. The van der Waals surface area contributed by atoms with Gasteiger partial charge in [0.15, 0.2) is 0 Å². The van der Waals surface area contributed by atoms with Crippen LogP contribution in [0.4, 0.5) is 5.69 Å². The Morgan fingerprint density at radius 2 is 1.94 bits per heavy atom. The Kier molecular flexibility index (Phi) is 5.13. The second kappa shape index (κ2) is 7.42. The summed E-state index contributed by atoms with van der Waals surface area (Å²) >= 11 is 0. The number of aliphatic hydroxyl groups excluding tert-OH is 2. The molecule has 0 radical (unpaired) electrons. The smallest absolute Gasteiger partial charge is 0.338 e. The van der Waals surface area contributed by atoms with Crippen molar-refractivity contribution in [2.45, 2.75) is 45.3 Å². The van der Waals surface area contributed by atoms with Crippen molar-refractivity contribution in [2.75, 3.05) is 13.2 Å². The van der Waals surface area contributed by atoms with Crippen LogP contribution in [0.2, 0.25) is 0 Å². The molecule has 31 heavy (non-hydrogen) atoms. The van der Waals surface area contributed by atoms with Gasteiger partial charge in [0.2, 0.25) is 0 Å². The van der Waals surface area contributed by atoms with Gasteiger partial charge in [0.1, 0.15) is 12.7 Å². The molecule has 1 aromatic rings. The summed E-state index contributed by atoms with van der Waals surface area (Å²) in [5.41, 5.74) is -0.243. The lowest BCUT2D eigenvalue weighted by atomic mass is 9.49. The minimum absolute atomic E-state index is 0.00424. The van der Waals surface area contributed by atoms with Crippen molar-refractivity contribution in [3.05, 3.63) is 51.1 Å². The molecule has 2 aliphatic carbocycles. The fraction of sp³-hybridized carbons (Fsp3) is 0.545. The van der Waals surface area contributed by atoms with Crippen LogP contribution in [0.15, 0.2) is 35.4 Å². The molecule has 1 saturated carbocycles. The maximum Gasteiger partial charge on any atom is 0.338 e. The molecular formula is C22H25NO8.